The Hall–Kier alpha value is -2.69. The molecule has 0 aliphatic carbocycles. The number of carbonyl (C=O) groups is 1. The van der Waals surface area contributed by atoms with E-state index < -0.39 is 16.5 Å². The van der Waals surface area contributed by atoms with Crippen LogP contribution in [0, 0.1) is 10.1 Å². The Morgan fingerprint density at radius 2 is 1.71 bits per heavy atom. The molecule has 0 aliphatic heterocycles. The monoisotopic (exact) mass is 327 g/mol. The van der Waals surface area contributed by atoms with Gasteiger partial charge in [0.25, 0.3) is 5.69 Å². The summed E-state index contributed by atoms with van der Waals surface area (Å²) in [5, 5.41) is 10.7. The van der Waals surface area contributed by atoms with Gasteiger partial charge in [0, 0.05) is 12.1 Å². The molecule has 0 fully saturated rings. The Morgan fingerprint density at radius 3 is 2.21 bits per heavy atom. The first-order valence-corrected chi connectivity index (χ1v) is 8.05. The highest BCUT2D eigenvalue weighted by Gasteiger charge is 2.34. The van der Waals surface area contributed by atoms with Crippen molar-refractivity contribution in [2.45, 2.75) is 38.7 Å². The molecule has 24 heavy (non-hydrogen) atoms. The molecule has 126 valence electrons. The molecule has 0 radical (unpaired) electrons. The third-order valence-electron chi connectivity index (χ3n) is 4.13. The van der Waals surface area contributed by atoms with E-state index in [9.17, 15) is 14.9 Å². The number of carbonyl (C=O) groups excluding carboxylic acids is 1. The van der Waals surface area contributed by atoms with Crippen LogP contribution < -0.4 is 0 Å². The minimum Gasteiger partial charge on any atom is -0.451 e. The summed E-state index contributed by atoms with van der Waals surface area (Å²) >= 11 is 0. The smallest absolute Gasteiger partial charge is 0.339 e. The fourth-order valence-corrected chi connectivity index (χ4v) is 2.81. The largest absolute Gasteiger partial charge is 0.451 e. The van der Waals surface area contributed by atoms with Crippen molar-refractivity contribution in [3.8, 4) is 0 Å². The van der Waals surface area contributed by atoms with Gasteiger partial charge in [0.1, 0.15) is 5.60 Å². The van der Waals surface area contributed by atoms with E-state index >= 15 is 0 Å². The summed E-state index contributed by atoms with van der Waals surface area (Å²) in [4.78, 5) is 22.8. The van der Waals surface area contributed by atoms with Crippen molar-refractivity contribution in [2.75, 3.05) is 0 Å². The quantitative estimate of drug-likeness (QED) is 0.414. The molecule has 2 aromatic rings. The minimum absolute atomic E-state index is 0.0510. The van der Waals surface area contributed by atoms with Gasteiger partial charge < -0.3 is 4.74 Å². The third kappa shape index (κ3) is 3.79. The predicted octanol–water partition coefficient (Wildman–Crippen LogP) is 4.86. The first kappa shape index (κ1) is 17.7. The average molecular weight is 327 g/mol. The predicted molar refractivity (Wildman–Crippen MR) is 91.8 cm³/mol. The second-order valence-corrected chi connectivity index (χ2v) is 5.66. The van der Waals surface area contributed by atoms with Crippen molar-refractivity contribution in [3.05, 3.63) is 75.8 Å². The molecule has 5 nitrogen and oxygen atoms in total. The van der Waals surface area contributed by atoms with Crippen molar-refractivity contribution >= 4 is 11.7 Å². The second-order valence-electron chi connectivity index (χ2n) is 5.66. The normalized spacial score (nSPS) is 13.1. The molecule has 1 unspecified atom stereocenters. The highest BCUT2D eigenvalue weighted by Crippen LogP contribution is 2.35. The van der Waals surface area contributed by atoms with Crippen LogP contribution in [0.3, 0.4) is 0 Å². The molecule has 0 aliphatic rings. The van der Waals surface area contributed by atoms with Crippen molar-refractivity contribution < 1.29 is 14.5 Å². The number of benzene rings is 2. The Kier molecular flexibility index (Phi) is 5.68. The van der Waals surface area contributed by atoms with Crippen LogP contribution in [0.2, 0.25) is 0 Å². The number of nitro groups is 1. The molecule has 0 saturated carbocycles. The zero-order chi connectivity index (χ0) is 17.6. The van der Waals surface area contributed by atoms with Gasteiger partial charge in [0.15, 0.2) is 0 Å². The molecule has 0 amide bonds. The zero-order valence-corrected chi connectivity index (χ0v) is 13.9. The Morgan fingerprint density at radius 1 is 1.08 bits per heavy atom. The van der Waals surface area contributed by atoms with Gasteiger partial charge in [-0.05, 0) is 30.5 Å². The topological polar surface area (TPSA) is 69.4 Å². The van der Waals surface area contributed by atoms with Gasteiger partial charge >= 0.3 is 5.97 Å². The molecule has 1 atom stereocenters. The van der Waals surface area contributed by atoms with Crippen LogP contribution in [0.5, 0.6) is 0 Å². The molecule has 0 aromatic heterocycles. The van der Waals surface area contributed by atoms with E-state index in [0.29, 0.717) is 18.4 Å². The maximum atomic E-state index is 12.6. The van der Waals surface area contributed by atoms with Crippen LogP contribution in [0.1, 0.15) is 49.0 Å². The molecule has 0 spiro atoms. The van der Waals surface area contributed by atoms with Gasteiger partial charge in [-0.2, -0.15) is 0 Å². The SMILES string of the molecule is CCCC(CC)(OC(=O)c1ccc([N+](=O)[O-])cc1)c1ccccc1. The molecular weight excluding hydrogens is 306 g/mol. The van der Waals surface area contributed by atoms with E-state index in [2.05, 4.69) is 0 Å². The molecule has 2 rings (SSSR count). The maximum Gasteiger partial charge on any atom is 0.339 e. The summed E-state index contributed by atoms with van der Waals surface area (Å²) < 4.78 is 5.89. The number of hydrogen-bond acceptors (Lipinski definition) is 4. The lowest BCUT2D eigenvalue weighted by molar-refractivity contribution is -0.384. The lowest BCUT2D eigenvalue weighted by Crippen LogP contribution is -2.32. The summed E-state index contributed by atoms with van der Waals surface area (Å²) in [5.41, 5.74) is 0.537. The second kappa shape index (κ2) is 7.73. The van der Waals surface area contributed by atoms with Crippen molar-refractivity contribution in [1.29, 1.82) is 0 Å². The first-order valence-electron chi connectivity index (χ1n) is 8.05. The summed E-state index contributed by atoms with van der Waals surface area (Å²) in [5.74, 6) is -0.468. The van der Waals surface area contributed by atoms with Gasteiger partial charge in [0.2, 0.25) is 0 Å². The fourth-order valence-electron chi connectivity index (χ4n) is 2.81. The number of nitrogens with zero attached hydrogens (tertiary/aromatic N) is 1. The summed E-state index contributed by atoms with van der Waals surface area (Å²) in [6, 6.07) is 15.2. The zero-order valence-electron chi connectivity index (χ0n) is 13.9. The van der Waals surface area contributed by atoms with Crippen LogP contribution in [-0.4, -0.2) is 10.9 Å². The van der Waals surface area contributed by atoms with Crippen molar-refractivity contribution in [3.63, 3.8) is 0 Å². The number of esters is 1. The summed E-state index contributed by atoms with van der Waals surface area (Å²) in [6.45, 7) is 4.04. The number of ether oxygens (including phenoxy) is 1. The van der Waals surface area contributed by atoms with E-state index in [1.54, 1.807) is 0 Å². The highest BCUT2D eigenvalue weighted by atomic mass is 16.6. The van der Waals surface area contributed by atoms with E-state index in [4.69, 9.17) is 4.74 Å². The van der Waals surface area contributed by atoms with Crippen LogP contribution >= 0.6 is 0 Å². The molecular formula is C19H21NO4. The van der Waals surface area contributed by atoms with E-state index in [-0.39, 0.29) is 5.69 Å². The van der Waals surface area contributed by atoms with Gasteiger partial charge in [-0.15, -0.1) is 0 Å². The van der Waals surface area contributed by atoms with Gasteiger partial charge in [-0.1, -0.05) is 50.6 Å². The number of non-ortho nitro benzene ring substituents is 1. The van der Waals surface area contributed by atoms with E-state index in [1.807, 2.05) is 44.2 Å². The Labute approximate surface area is 141 Å². The highest BCUT2D eigenvalue weighted by molar-refractivity contribution is 5.90. The van der Waals surface area contributed by atoms with Gasteiger partial charge in [0.05, 0.1) is 10.5 Å². The van der Waals surface area contributed by atoms with E-state index in [1.165, 1.54) is 24.3 Å². The summed E-state index contributed by atoms with van der Waals surface area (Å²) in [7, 11) is 0. The molecule has 5 heteroatoms. The van der Waals surface area contributed by atoms with Crippen LogP contribution in [0.25, 0.3) is 0 Å². The molecule has 0 saturated heterocycles. The molecule has 0 bridgehead atoms. The van der Waals surface area contributed by atoms with Gasteiger partial charge in [-0.25, -0.2) is 4.79 Å². The maximum absolute atomic E-state index is 12.6. The first-order chi connectivity index (χ1) is 11.5. The molecule has 0 heterocycles. The van der Waals surface area contributed by atoms with Crippen LogP contribution in [0.15, 0.2) is 54.6 Å². The lowest BCUT2D eigenvalue weighted by Gasteiger charge is -2.33. The number of hydrogen-bond donors (Lipinski definition) is 0. The summed E-state index contributed by atoms with van der Waals surface area (Å²) in [6.07, 6.45) is 2.24. The van der Waals surface area contributed by atoms with E-state index in [0.717, 1.165) is 12.0 Å². The van der Waals surface area contributed by atoms with Crippen molar-refractivity contribution in [2.24, 2.45) is 0 Å². The Bertz CT molecular complexity index is 697. The average Bonchev–Trinajstić information content (AvgIpc) is 2.62. The van der Waals surface area contributed by atoms with Crippen LogP contribution in [0.4, 0.5) is 5.69 Å². The Balaban J connectivity index is 2.29. The molecule has 2 aromatic carbocycles. The van der Waals surface area contributed by atoms with Crippen LogP contribution in [-0.2, 0) is 10.3 Å². The number of rotatable bonds is 7. The minimum atomic E-state index is -0.686. The molecule has 0 N–H and O–H groups in total. The standard InChI is InChI=1S/C19H21NO4/c1-3-14-19(4-2,16-8-6-5-7-9-16)24-18(21)15-10-12-17(13-11-15)20(22)23/h5-13H,3-4,14H2,1-2H3. The van der Waals surface area contributed by atoms with Gasteiger partial charge in [-0.3, -0.25) is 10.1 Å². The van der Waals surface area contributed by atoms with Crippen molar-refractivity contribution in [1.82, 2.24) is 0 Å². The third-order valence-corrected chi connectivity index (χ3v) is 4.13. The number of nitro benzene ring substituents is 1. The fraction of sp³-hybridized carbons (Fsp3) is 0.316. The lowest BCUT2D eigenvalue weighted by atomic mass is 9.86.